The van der Waals surface area contributed by atoms with Gasteiger partial charge in [0.1, 0.15) is 0 Å². The molecule has 0 bridgehead atoms. The van der Waals surface area contributed by atoms with Gasteiger partial charge in [-0.2, -0.15) is 0 Å². The molecule has 5 unspecified atom stereocenters. The molecule has 2 nitrogen and oxygen atoms in total. The van der Waals surface area contributed by atoms with Crippen molar-refractivity contribution >= 4 is 27.9 Å². The Labute approximate surface area is 242 Å². The highest BCUT2D eigenvalue weighted by Gasteiger charge is 2.19. The third kappa shape index (κ3) is 22.4. The van der Waals surface area contributed by atoms with Gasteiger partial charge in [-0.3, -0.25) is 5.41 Å². The van der Waals surface area contributed by atoms with Crippen LogP contribution in [-0.4, -0.2) is 23.9 Å². The summed E-state index contributed by atoms with van der Waals surface area (Å²) in [5.74, 6) is 5.35. The van der Waals surface area contributed by atoms with Crippen LogP contribution in [0.3, 0.4) is 0 Å². The zero-order valence-electron chi connectivity index (χ0n) is 26.2. The van der Waals surface area contributed by atoms with Crippen molar-refractivity contribution in [3.8, 4) is 0 Å². The molecular formula is C33H66N2S2. The summed E-state index contributed by atoms with van der Waals surface area (Å²) in [5, 5.41) is 10.8. The molecule has 0 saturated heterocycles. The van der Waals surface area contributed by atoms with Crippen LogP contribution in [-0.2, 0) is 0 Å². The second-order valence-electron chi connectivity index (χ2n) is 12.5. The standard InChI is InChI=1S/C33H66N2S2/c1-9-14-33(37-36-24-23-35-26-34)22-20-30(7)19-21-32(25-28(5)10-2)31(8)18-12-11-16-29(6)17-13-15-27(3)4/h19,26-29,31-33H,9-18,20-25H2,1-8H3,(H2,34,35)/b30-19+. The van der Waals surface area contributed by atoms with Crippen molar-refractivity contribution in [3.63, 3.8) is 0 Å². The van der Waals surface area contributed by atoms with Crippen molar-refractivity contribution in [2.45, 2.75) is 151 Å². The van der Waals surface area contributed by atoms with Gasteiger partial charge in [0.25, 0.3) is 0 Å². The van der Waals surface area contributed by atoms with Crippen molar-refractivity contribution in [1.82, 2.24) is 5.32 Å². The number of hydrogen-bond donors (Lipinski definition) is 2. The lowest BCUT2D eigenvalue weighted by atomic mass is 9.80. The minimum absolute atomic E-state index is 0.751. The molecule has 37 heavy (non-hydrogen) atoms. The minimum atomic E-state index is 0.751. The Morgan fingerprint density at radius 1 is 0.865 bits per heavy atom. The van der Waals surface area contributed by atoms with Crippen LogP contribution in [0.2, 0.25) is 0 Å². The van der Waals surface area contributed by atoms with Crippen molar-refractivity contribution in [2.24, 2.45) is 29.6 Å². The van der Waals surface area contributed by atoms with Gasteiger partial charge in [-0.05, 0) is 68.6 Å². The summed E-state index contributed by atoms with van der Waals surface area (Å²) in [7, 11) is 4.04. The second-order valence-corrected chi connectivity index (χ2v) is 15.2. The smallest absolute Gasteiger partial charge is 0.0791 e. The van der Waals surface area contributed by atoms with Crippen LogP contribution in [0.1, 0.15) is 145 Å². The van der Waals surface area contributed by atoms with Gasteiger partial charge in [-0.1, -0.05) is 139 Å². The summed E-state index contributed by atoms with van der Waals surface area (Å²) >= 11 is 0. The van der Waals surface area contributed by atoms with Gasteiger partial charge in [0, 0.05) is 17.5 Å². The van der Waals surface area contributed by atoms with Gasteiger partial charge in [0.15, 0.2) is 0 Å². The van der Waals surface area contributed by atoms with Gasteiger partial charge in [-0.15, -0.1) is 0 Å². The average Bonchev–Trinajstić information content (AvgIpc) is 2.86. The average molecular weight is 555 g/mol. The van der Waals surface area contributed by atoms with E-state index in [1.54, 1.807) is 5.57 Å². The third-order valence-electron chi connectivity index (χ3n) is 8.17. The third-order valence-corrected chi connectivity index (χ3v) is 11.1. The van der Waals surface area contributed by atoms with Crippen LogP contribution in [0.5, 0.6) is 0 Å². The van der Waals surface area contributed by atoms with Crippen LogP contribution >= 0.6 is 21.6 Å². The Bertz CT molecular complexity index is 548. The zero-order valence-corrected chi connectivity index (χ0v) is 27.9. The van der Waals surface area contributed by atoms with E-state index in [4.69, 9.17) is 5.41 Å². The lowest BCUT2D eigenvalue weighted by Gasteiger charge is -2.26. The Morgan fingerprint density at radius 3 is 2.22 bits per heavy atom. The maximum atomic E-state index is 7.08. The van der Waals surface area contributed by atoms with E-state index in [0.717, 1.165) is 47.1 Å². The zero-order chi connectivity index (χ0) is 27.9. The summed E-state index contributed by atoms with van der Waals surface area (Å²) in [6.45, 7) is 20.1. The van der Waals surface area contributed by atoms with Crippen LogP contribution in [0.4, 0.5) is 0 Å². The molecule has 220 valence electrons. The van der Waals surface area contributed by atoms with Gasteiger partial charge in [-0.25, -0.2) is 0 Å². The molecule has 0 rings (SSSR count). The number of unbranched alkanes of at least 4 members (excludes halogenated alkanes) is 1. The van der Waals surface area contributed by atoms with E-state index in [2.05, 4.69) is 77.6 Å². The van der Waals surface area contributed by atoms with E-state index < -0.39 is 0 Å². The van der Waals surface area contributed by atoms with Crippen molar-refractivity contribution < 1.29 is 0 Å². The summed E-state index contributed by atoms with van der Waals surface area (Å²) in [4.78, 5) is 0. The van der Waals surface area contributed by atoms with Gasteiger partial charge in [0.05, 0.1) is 6.34 Å². The fourth-order valence-electron chi connectivity index (χ4n) is 5.18. The second kappa shape index (κ2) is 24.9. The van der Waals surface area contributed by atoms with Crippen LogP contribution in [0.25, 0.3) is 0 Å². The molecule has 0 saturated carbocycles. The first-order valence-electron chi connectivity index (χ1n) is 15.9. The van der Waals surface area contributed by atoms with Crippen LogP contribution in [0.15, 0.2) is 11.6 Å². The molecule has 0 amide bonds. The Hall–Kier alpha value is -0.0900. The normalized spacial score (nSPS) is 16.4. The van der Waals surface area contributed by atoms with Crippen molar-refractivity contribution in [1.29, 1.82) is 5.41 Å². The van der Waals surface area contributed by atoms with Crippen molar-refractivity contribution in [2.75, 3.05) is 12.3 Å². The molecule has 4 heteroatoms. The molecule has 0 aliphatic carbocycles. The molecule has 0 aromatic carbocycles. The first-order chi connectivity index (χ1) is 17.7. The SMILES string of the molecule is CCCC(CC/C(C)=C/CC(CC(C)CC)C(C)CCCCC(C)CCCC(C)C)SSCCNC=N. The maximum absolute atomic E-state index is 7.08. The molecule has 2 N–H and O–H groups in total. The Balaban J connectivity index is 4.57. The molecule has 0 radical (unpaired) electrons. The quantitative estimate of drug-likeness (QED) is 0.0367. The molecule has 0 aromatic rings. The first-order valence-corrected chi connectivity index (χ1v) is 18.3. The summed E-state index contributed by atoms with van der Waals surface area (Å²) < 4.78 is 0. The molecule has 0 spiro atoms. The van der Waals surface area contributed by atoms with Crippen LogP contribution in [0, 0.1) is 35.0 Å². The van der Waals surface area contributed by atoms with Gasteiger partial charge < -0.3 is 5.32 Å². The summed E-state index contributed by atoms with van der Waals surface area (Å²) in [6.07, 6.45) is 22.9. The molecule has 0 aliphatic heterocycles. The highest BCUT2D eigenvalue weighted by atomic mass is 33.1. The van der Waals surface area contributed by atoms with Crippen molar-refractivity contribution in [3.05, 3.63) is 11.6 Å². The lowest BCUT2D eigenvalue weighted by molar-refractivity contribution is 0.267. The van der Waals surface area contributed by atoms with E-state index >= 15 is 0 Å². The predicted molar refractivity (Wildman–Crippen MR) is 176 cm³/mol. The van der Waals surface area contributed by atoms with Gasteiger partial charge in [0.2, 0.25) is 0 Å². The topological polar surface area (TPSA) is 35.9 Å². The Morgan fingerprint density at radius 2 is 1.57 bits per heavy atom. The number of nitrogens with one attached hydrogen (secondary N) is 2. The summed E-state index contributed by atoms with van der Waals surface area (Å²) in [5.41, 5.74) is 1.61. The van der Waals surface area contributed by atoms with Crippen LogP contribution < -0.4 is 5.32 Å². The lowest BCUT2D eigenvalue weighted by Crippen LogP contribution is -2.15. The van der Waals surface area contributed by atoms with E-state index in [-0.39, 0.29) is 0 Å². The highest BCUT2D eigenvalue weighted by Crippen LogP contribution is 2.34. The molecular weight excluding hydrogens is 489 g/mol. The monoisotopic (exact) mass is 554 g/mol. The first kappa shape index (κ1) is 36.9. The Kier molecular flexibility index (Phi) is 24.9. The molecule has 5 atom stereocenters. The minimum Gasteiger partial charge on any atom is -0.376 e. The van der Waals surface area contributed by atoms with E-state index in [0.29, 0.717) is 0 Å². The number of hydrogen-bond acceptors (Lipinski definition) is 3. The maximum Gasteiger partial charge on any atom is 0.0791 e. The van der Waals surface area contributed by atoms with E-state index in [1.165, 1.54) is 96.2 Å². The molecule has 0 fully saturated rings. The fraction of sp³-hybridized carbons (Fsp3) is 0.909. The highest BCUT2D eigenvalue weighted by molar-refractivity contribution is 8.76. The number of rotatable bonds is 26. The molecule has 0 aliphatic rings. The summed E-state index contributed by atoms with van der Waals surface area (Å²) in [6, 6.07) is 0. The van der Waals surface area contributed by atoms with E-state index in [9.17, 15) is 0 Å². The van der Waals surface area contributed by atoms with E-state index in [1.807, 2.05) is 10.8 Å². The molecule has 0 aromatic heterocycles. The molecule has 0 heterocycles. The number of allylic oxidation sites excluding steroid dienone is 2. The van der Waals surface area contributed by atoms with Gasteiger partial charge >= 0.3 is 0 Å². The largest absolute Gasteiger partial charge is 0.376 e. The predicted octanol–water partition coefficient (Wildman–Crippen LogP) is 11.6. The fourth-order valence-corrected chi connectivity index (χ4v) is 7.91.